The summed E-state index contributed by atoms with van der Waals surface area (Å²) in [6.45, 7) is 0. The number of anilines is 1. The molecular weight excluding hydrogens is 264 g/mol. The van der Waals surface area contributed by atoms with Gasteiger partial charge >= 0.3 is 5.97 Å². The molecule has 6 nitrogen and oxygen atoms in total. The van der Waals surface area contributed by atoms with Gasteiger partial charge in [-0.2, -0.15) is 9.47 Å². The Labute approximate surface area is 112 Å². The van der Waals surface area contributed by atoms with E-state index >= 15 is 0 Å². The maximum absolute atomic E-state index is 11.5. The van der Waals surface area contributed by atoms with E-state index in [1.807, 2.05) is 24.3 Å². The topological polar surface area (TPSA) is 83.0 Å². The van der Waals surface area contributed by atoms with Crippen molar-refractivity contribution in [1.82, 2.24) is 14.2 Å². The maximum atomic E-state index is 11.5. The molecular formula is C12H10N4O2S. The van der Waals surface area contributed by atoms with Crippen molar-refractivity contribution in [2.45, 2.75) is 0 Å². The minimum Gasteiger partial charge on any atom is -0.464 e. The first-order valence-electron chi connectivity index (χ1n) is 5.49. The predicted molar refractivity (Wildman–Crippen MR) is 72.5 cm³/mol. The maximum Gasteiger partial charge on any atom is 0.360 e. The fourth-order valence-electron chi connectivity index (χ4n) is 1.79. The van der Waals surface area contributed by atoms with E-state index < -0.39 is 5.97 Å². The lowest BCUT2D eigenvalue weighted by Gasteiger charge is -1.96. The zero-order valence-electron chi connectivity index (χ0n) is 10.0. The first-order valence-corrected chi connectivity index (χ1v) is 6.26. The van der Waals surface area contributed by atoms with E-state index in [-0.39, 0.29) is 11.4 Å². The Morgan fingerprint density at radius 1 is 1.42 bits per heavy atom. The van der Waals surface area contributed by atoms with Gasteiger partial charge in [0.05, 0.1) is 24.5 Å². The van der Waals surface area contributed by atoms with Gasteiger partial charge in [-0.05, 0) is 23.7 Å². The van der Waals surface area contributed by atoms with Crippen LogP contribution in [0.1, 0.15) is 10.5 Å². The van der Waals surface area contributed by atoms with Gasteiger partial charge in [-0.25, -0.2) is 9.48 Å². The minimum absolute atomic E-state index is 0.111. The van der Waals surface area contributed by atoms with Crippen LogP contribution in [0.3, 0.4) is 0 Å². The Bertz CT molecular complexity index is 762. The molecule has 0 spiro atoms. The van der Waals surface area contributed by atoms with Crippen LogP contribution in [-0.4, -0.2) is 27.2 Å². The number of nitrogens with zero attached hydrogens (tertiary/aromatic N) is 3. The zero-order valence-corrected chi connectivity index (χ0v) is 10.8. The van der Waals surface area contributed by atoms with Gasteiger partial charge in [0.1, 0.15) is 5.00 Å². The van der Waals surface area contributed by atoms with Gasteiger partial charge in [0, 0.05) is 5.39 Å². The number of nitrogens with two attached hydrogens (primary N) is 1. The molecule has 2 aromatic heterocycles. The molecule has 0 aliphatic carbocycles. The van der Waals surface area contributed by atoms with E-state index in [9.17, 15) is 4.79 Å². The first kappa shape index (κ1) is 11.7. The van der Waals surface area contributed by atoms with Crippen LogP contribution in [0, 0.1) is 0 Å². The highest BCUT2D eigenvalue weighted by Crippen LogP contribution is 2.26. The molecule has 0 saturated heterocycles. The van der Waals surface area contributed by atoms with Crippen LogP contribution in [0.15, 0.2) is 30.5 Å². The smallest absolute Gasteiger partial charge is 0.360 e. The van der Waals surface area contributed by atoms with Crippen molar-refractivity contribution in [3.05, 3.63) is 36.2 Å². The summed E-state index contributed by atoms with van der Waals surface area (Å²) >= 11 is 1.30. The SMILES string of the molecule is COC(=O)c1nn(-c2snc3ccccc23)cc1N. The molecule has 96 valence electrons. The Hall–Kier alpha value is -2.41. The molecule has 7 heteroatoms. The van der Waals surface area contributed by atoms with Crippen LogP contribution in [0.5, 0.6) is 0 Å². The number of esters is 1. The summed E-state index contributed by atoms with van der Waals surface area (Å²) in [4.78, 5) is 11.5. The Morgan fingerprint density at radius 3 is 3.00 bits per heavy atom. The highest BCUT2D eigenvalue weighted by atomic mass is 32.1. The lowest BCUT2D eigenvalue weighted by atomic mass is 10.2. The average Bonchev–Trinajstić information content (AvgIpc) is 3.01. The molecule has 0 atom stereocenters. The normalized spacial score (nSPS) is 10.8. The summed E-state index contributed by atoms with van der Waals surface area (Å²) in [5, 5.41) is 5.94. The largest absolute Gasteiger partial charge is 0.464 e. The summed E-state index contributed by atoms with van der Waals surface area (Å²) in [7, 11) is 1.29. The number of benzene rings is 1. The lowest BCUT2D eigenvalue weighted by molar-refractivity contribution is 0.0594. The van der Waals surface area contributed by atoms with Gasteiger partial charge in [0.2, 0.25) is 0 Å². The Balaban J connectivity index is 2.15. The number of fused-ring (bicyclic) bond motifs is 1. The fraction of sp³-hybridized carbons (Fsp3) is 0.0833. The van der Waals surface area contributed by atoms with Gasteiger partial charge in [-0.3, -0.25) is 0 Å². The van der Waals surface area contributed by atoms with Gasteiger partial charge in [-0.1, -0.05) is 12.1 Å². The number of nitrogen functional groups attached to an aromatic ring is 1. The summed E-state index contributed by atoms with van der Waals surface area (Å²) in [5.74, 6) is -0.551. The number of hydrogen-bond acceptors (Lipinski definition) is 6. The van der Waals surface area contributed by atoms with Crippen molar-refractivity contribution < 1.29 is 9.53 Å². The molecule has 19 heavy (non-hydrogen) atoms. The molecule has 0 amide bonds. The van der Waals surface area contributed by atoms with E-state index in [0.717, 1.165) is 15.9 Å². The summed E-state index contributed by atoms with van der Waals surface area (Å²) < 4.78 is 10.5. The molecule has 0 bridgehead atoms. The van der Waals surface area contributed by atoms with Gasteiger partial charge < -0.3 is 10.5 Å². The number of aromatic nitrogens is 3. The van der Waals surface area contributed by atoms with Gasteiger partial charge in [-0.15, -0.1) is 0 Å². The predicted octanol–water partition coefficient (Wildman–Crippen LogP) is 1.85. The Kier molecular flexibility index (Phi) is 2.68. The van der Waals surface area contributed by atoms with Crippen molar-refractivity contribution >= 4 is 34.1 Å². The number of carbonyl (C=O) groups excluding carboxylic acids is 1. The molecule has 1 aromatic carbocycles. The molecule has 0 saturated carbocycles. The zero-order chi connectivity index (χ0) is 13.4. The molecule has 3 aromatic rings. The van der Waals surface area contributed by atoms with E-state index in [1.165, 1.54) is 18.6 Å². The van der Waals surface area contributed by atoms with Crippen molar-refractivity contribution in [2.75, 3.05) is 12.8 Å². The second-order valence-corrected chi connectivity index (χ2v) is 4.63. The van der Waals surface area contributed by atoms with Crippen LogP contribution < -0.4 is 5.73 Å². The molecule has 0 fully saturated rings. The van der Waals surface area contributed by atoms with Crippen molar-refractivity contribution in [2.24, 2.45) is 0 Å². The number of methoxy groups -OCH3 is 1. The molecule has 0 aliphatic rings. The molecule has 2 heterocycles. The molecule has 3 rings (SSSR count). The molecule has 0 unspecified atom stereocenters. The first-order chi connectivity index (χ1) is 9.20. The van der Waals surface area contributed by atoms with Crippen LogP contribution in [0.25, 0.3) is 15.9 Å². The van der Waals surface area contributed by atoms with Gasteiger partial charge in [0.25, 0.3) is 0 Å². The van der Waals surface area contributed by atoms with E-state index in [1.54, 1.807) is 10.9 Å². The highest BCUT2D eigenvalue weighted by Gasteiger charge is 2.17. The highest BCUT2D eigenvalue weighted by molar-refractivity contribution is 7.10. The van der Waals surface area contributed by atoms with Crippen LogP contribution in [0.4, 0.5) is 5.69 Å². The van der Waals surface area contributed by atoms with E-state index in [2.05, 4.69) is 14.2 Å². The molecule has 0 radical (unpaired) electrons. The number of carbonyl (C=O) groups is 1. The van der Waals surface area contributed by atoms with Gasteiger partial charge in [0.15, 0.2) is 5.69 Å². The second kappa shape index (κ2) is 4.36. The van der Waals surface area contributed by atoms with Crippen LogP contribution >= 0.6 is 11.5 Å². The quantitative estimate of drug-likeness (QED) is 0.721. The third kappa shape index (κ3) is 1.84. The fourth-order valence-corrected chi connectivity index (χ4v) is 2.58. The van der Waals surface area contributed by atoms with Crippen LogP contribution in [0.2, 0.25) is 0 Å². The van der Waals surface area contributed by atoms with Crippen molar-refractivity contribution in [1.29, 1.82) is 0 Å². The minimum atomic E-state index is -0.551. The van der Waals surface area contributed by atoms with Crippen molar-refractivity contribution in [3.8, 4) is 5.00 Å². The Morgan fingerprint density at radius 2 is 2.21 bits per heavy atom. The molecule has 2 N–H and O–H groups in total. The number of ether oxygens (including phenoxy) is 1. The van der Waals surface area contributed by atoms with Crippen LogP contribution in [-0.2, 0) is 4.74 Å². The van der Waals surface area contributed by atoms with Crippen molar-refractivity contribution in [3.63, 3.8) is 0 Å². The third-order valence-corrected chi connectivity index (χ3v) is 3.56. The summed E-state index contributed by atoms with van der Waals surface area (Å²) in [5.41, 5.74) is 7.05. The number of hydrogen-bond donors (Lipinski definition) is 1. The molecule has 0 aliphatic heterocycles. The van der Waals surface area contributed by atoms with E-state index in [0.29, 0.717) is 0 Å². The summed E-state index contributed by atoms with van der Waals surface area (Å²) in [6.07, 6.45) is 1.59. The lowest BCUT2D eigenvalue weighted by Crippen LogP contribution is -2.05. The number of rotatable bonds is 2. The summed E-state index contributed by atoms with van der Waals surface area (Å²) in [6, 6.07) is 7.71. The van der Waals surface area contributed by atoms with E-state index in [4.69, 9.17) is 5.73 Å². The monoisotopic (exact) mass is 274 g/mol. The average molecular weight is 274 g/mol. The second-order valence-electron chi connectivity index (χ2n) is 3.87. The standard InChI is InChI=1S/C12H10N4O2S/c1-18-12(17)10-8(13)6-16(14-10)11-7-4-2-3-5-9(7)15-19-11/h2-6H,13H2,1H3. The third-order valence-electron chi connectivity index (χ3n) is 2.69.